The second-order valence-corrected chi connectivity index (χ2v) is 6.23. The molecule has 0 saturated heterocycles. The van der Waals surface area contributed by atoms with Crippen molar-refractivity contribution in [3.05, 3.63) is 27.1 Å². The Balaban J connectivity index is 1.52. The van der Waals surface area contributed by atoms with E-state index in [-0.39, 0.29) is 16.8 Å². The summed E-state index contributed by atoms with van der Waals surface area (Å²) in [4.78, 5) is 22.5. The number of amides is 1. The van der Waals surface area contributed by atoms with Crippen LogP contribution >= 0.6 is 11.3 Å². The number of rotatable bonds is 4. The number of carbonyl (C=O) groups excluding carboxylic acids is 1. The lowest BCUT2D eigenvalue weighted by Crippen LogP contribution is -2.26. The van der Waals surface area contributed by atoms with Crippen molar-refractivity contribution in [1.82, 2.24) is 5.43 Å². The largest absolute Gasteiger partial charge is 0.324 e. The molecule has 1 atom stereocenters. The summed E-state index contributed by atoms with van der Waals surface area (Å²) in [5.41, 5.74) is 2.82. The van der Waals surface area contributed by atoms with E-state index in [0.29, 0.717) is 10.3 Å². The van der Waals surface area contributed by atoms with Crippen LogP contribution in [0.4, 0.5) is 5.00 Å². The van der Waals surface area contributed by atoms with Gasteiger partial charge in [-0.15, -0.1) is 0 Å². The number of thiophene rings is 1. The molecule has 2 aliphatic rings. The van der Waals surface area contributed by atoms with Gasteiger partial charge in [0.2, 0.25) is 5.91 Å². The normalized spacial score (nSPS) is 23.3. The third-order valence-corrected chi connectivity index (χ3v) is 4.99. The van der Waals surface area contributed by atoms with Crippen LogP contribution in [0.2, 0.25) is 0 Å². The van der Waals surface area contributed by atoms with Gasteiger partial charge < -0.3 is 0 Å². The molecule has 0 unspecified atom stereocenters. The minimum Gasteiger partial charge on any atom is -0.273 e. The minimum atomic E-state index is -0.439. The third kappa shape index (κ3) is 2.25. The van der Waals surface area contributed by atoms with Gasteiger partial charge in [0.1, 0.15) is 0 Å². The summed E-state index contributed by atoms with van der Waals surface area (Å²) in [6.45, 7) is 0. The molecule has 1 N–H and O–H groups in total. The highest BCUT2D eigenvalue weighted by molar-refractivity contribution is 7.16. The summed E-state index contributed by atoms with van der Waals surface area (Å²) >= 11 is 1.03. The predicted molar refractivity (Wildman–Crippen MR) is 71.1 cm³/mol. The smallest absolute Gasteiger partial charge is 0.273 e. The molecule has 0 bridgehead atoms. The standard InChI is InChI=1S/C12H13N3O3S/c16-11(9-6-12(9)4-1-5-12)14-13-7-8-2-3-10(19-8)15(17)18/h2-3,7,9H,1,4-6H2,(H,14,16)/b13-7-/t9-/m0/s1. The highest BCUT2D eigenvalue weighted by atomic mass is 32.1. The molecule has 100 valence electrons. The lowest BCUT2D eigenvalue weighted by Gasteiger charge is -2.25. The van der Waals surface area contributed by atoms with Crippen LogP contribution in [0, 0.1) is 21.4 Å². The molecule has 2 aliphatic carbocycles. The lowest BCUT2D eigenvalue weighted by atomic mass is 9.80. The Bertz CT molecular complexity index is 562. The number of nitrogens with one attached hydrogen (secondary N) is 1. The number of hydrogen-bond donors (Lipinski definition) is 1. The summed E-state index contributed by atoms with van der Waals surface area (Å²) in [6, 6.07) is 3.04. The van der Waals surface area contributed by atoms with Crippen molar-refractivity contribution in [3.63, 3.8) is 0 Å². The minimum absolute atomic E-state index is 0.0259. The average molecular weight is 279 g/mol. The highest BCUT2D eigenvalue weighted by Crippen LogP contribution is 2.65. The van der Waals surface area contributed by atoms with E-state index < -0.39 is 4.92 Å². The molecule has 1 aromatic heterocycles. The molecule has 6 nitrogen and oxygen atoms in total. The zero-order chi connectivity index (χ0) is 13.5. The lowest BCUT2D eigenvalue weighted by molar-refractivity contribution is -0.380. The zero-order valence-corrected chi connectivity index (χ0v) is 11.0. The van der Waals surface area contributed by atoms with Gasteiger partial charge in [-0.2, -0.15) is 5.10 Å². The maximum Gasteiger partial charge on any atom is 0.324 e. The van der Waals surface area contributed by atoms with E-state index >= 15 is 0 Å². The van der Waals surface area contributed by atoms with E-state index in [1.165, 1.54) is 18.7 Å². The van der Waals surface area contributed by atoms with E-state index in [1.54, 1.807) is 6.07 Å². The van der Waals surface area contributed by atoms with Gasteiger partial charge in [-0.25, -0.2) is 5.43 Å². The molecule has 2 saturated carbocycles. The number of nitro groups is 1. The summed E-state index contributed by atoms with van der Waals surface area (Å²) in [5, 5.41) is 14.4. The molecule has 7 heteroatoms. The van der Waals surface area contributed by atoms with Crippen molar-refractivity contribution in [2.45, 2.75) is 25.7 Å². The maximum absolute atomic E-state index is 11.8. The topological polar surface area (TPSA) is 84.6 Å². The van der Waals surface area contributed by atoms with Crippen LogP contribution < -0.4 is 5.43 Å². The van der Waals surface area contributed by atoms with Crippen molar-refractivity contribution < 1.29 is 9.72 Å². The average Bonchev–Trinajstić information content (AvgIpc) is 2.94. The number of carbonyl (C=O) groups is 1. The fourth-order valence-electron chi connectivity index (χ4n) is 2.65. The Labute approximate surface area is 113 Å². The fraction of sp³-hybridized carbons (Fsp3) is 0.500. The van der Waals surface area contributed by atoms with Crippen molar-refractivity contribution >= 4 is 28.5 Å². The van der Waals surface area contributed by atoms with Crippen LogP contribution in [0.25, 0.3) is 0 Å². The monoisotopic (exact) mass is 279 g/mol. The molecule has 0 radical (unpaired) electrons. The van der Waals surface area contributed by atoms with E-state index in [4.69, 9.17) is 0 Å². The molecule has 19 heavy (non-hydrogen) atoms. The van der Waals surface area contributed by atoms with Crippen molar-refractivity contribution in [2.24, 2.45) is 16.4 Å². The van der Waals surface area contributed by atoms with Crippen molar-refractivity contribution in [3.8, 4) is 0 Å². The summed E-state index contributed by atoms with van der Waals surface area (Å²) < 4.78 is 0. The van der Waals surface area contributed by atoms with Crippen molar-refractivity contribution in [2.75, 3.05) is 0 Å². The van der Waals surface area contributed by atoms with Crippen LogP contribution in [0.1, 0.15) is 30.6 Å². The Morgan fingerprint density at radius 1 is 1.58 bits per heavy atom. The van der Waals surface area contributed by atoms with Crippen LogP contribution in [0.3, 0.4) is 0 Å². The highest BCUT2D eigenvalue weighted by Gasteiger charge is 2.60. The molecular formula is C12H13N3O3S. The molecule has 0 aromatic carbocycles. The van der Waals surface area contributed by atoms with Crippen LogP contribution in [-0.2, 0) is 4.79 Å². The number of hydrogen-bond acceptors (Lipinski definition) is 5. The first kappa shape index (κ1) is 12.3. The number of nitrogens with zero attached hydrogens (tertiary/aromatic N) is 2. The Hall–Kier alpha value is -1.76. The van der Waals surface area contributed by atoms with Crippen LogP contribution in [0.15, 0.2) is 17.2 Å². The van der Waals surface area contributed by atoms with Gasteiger partial charge in [0.05, 0.1) is 16.0 Å². The quantitative estimate of drug-likeness (QED) is 0.521. The maximum atomic E-state index is 11.8. The Kier molecular flexibility index (Phi) is 2.85. The van der Waals surface area contributed by atoms with E-state index in [2.05, 4.69) is 10.5 Å². The molecule has 1 heterocycles. The SMILES string of the molecule is O=C(N/N=C\c1ccc([N+](=O)[O-])s1)[C@@H]1CC12CCC2. The van der Waals surface area contributed by atoms with E-state index in [0.717, 1.165) is 30.6 Å². The molecule has 1 aromatic rings. The molecular weight excluding hydrogens is 266 g/mol. The summed E-state index contributed by atoms with van der Waals surface area (Å²) in [5.74, 6) is 0.0954. The molecule has 3 rings (SSSR count). The van der Waals surface area contributed by atoms with Gasteiger partial charge in [-0.3, -0.25) is 14.9 Å². The van der Waals surface area contributed by atoms with Gasteiger partial charge in [-0.05, 0) is 30.7 Å². The molecule has 2 fully saturated rings. The third-order valence-electron chi connectivity index (χ3n) is 4.01. The molecule has 0 aliphatic heterocycles. The van der Waals surface area contributed by atoms with Gasteiger partial charge >= 0.3 is 5.00 Å². The first-order chi connectivity index (χ1) is 9.11. The predicted octanol–water partition coefficient (Wildman–Crippen LogP) is 2.30. The van der Waals surface area contributed by atoms with Gasteiger partial charge in [0.25, 0.3) is 0 Å². The van der Waals surface area contributed by atoms with Gasteiger partial charge in [-0.1, -0.05) is 17.8 Å². The van der Waals surface area contributed by atoms with Gasteiger partial charge in [0.15, 0.2) is 0 Å². The molecule has 1 spiro atoms. The van der Waals surface area contributed by atoms with Gasteiger partial charge in [0, 0.05) is 12.0 Å². The Morgan fingerprint density at radius 3 is 2.89 bits per heavy atom. The fourth-order valence-corrected chi connectivity index (χ4v) is 3.34. The van der Waals surface area contributed by atoms with Crippen molar-refractivity contribution in [1.29, 1.82) is 0 Å². The second kappa shape index (κ2) is 4.41. The van der Waals surface area contributed by atoms with E-state index in [9.17, 15) is 14.9 Å². The zero-order valence-electron chi connectivity index (χ0n) is 10.2. The van der Waals surface area contributed by atoms with E-state index in [1.807, 2.05) is 0 Å². The number of hydrazone groups is 1. The first-order valence-corrected chi connectivity index (χ1v) is 7.00. The first-order valence-electron chi connectivity index (χ1n) is 6.18. The summed E-state index contributed by atoms with van der Waals surface area (Å²) in [7, 11) is 0. The molecule has 1 amide bonds. The summed E-state index contributed by atoms with van der Waals surface area (Å²) in [6.07, 6.45) is 5.98. The van der Waals surface area contributed by atoms with Crippen LogP contribution in [0.5, 0.6) is 0 Å². The van der Waals surface area contributed by atoms with Crippen LogP contribution in [-0.4, -0.2) is 17.0 Å². The Morgan fingerprint density at radius 2 is 2.37 bits per heavy atom. The second-order valence-electron chi connectivity index (χ2n) is 5.14.